The minimum absolute atomic E-state index is 0.0313. The van der Waals surface area contributed by atoms with Gasteiger partial charge in [-0.3, -0.25) is 4.79 Å². The second kappa shape index (κ2) is 6.36. The molecule has 1 aliphatic carbocycles. The maximum Gasteiger partial charge on any atom is 0.237 e. The smallest absolute Gasteiger partial charge is 0.237 e. The van der Waals surface area contributed by atoms with Gasteiger partial charge in [0.25, 0.3) is 0 Å². The topological polar surface area (TPSA) is 64.4 Å². The van der Waals surface area contributed by atoms with Crippen molar-refractivity contribution in [1.29, 1.82) is 0 Å². The molecule has 1 saturated heterocycles. The van der Waals surface area contributed by atoms with Gasteiger partial charge in [-0.1, -0.05) is 12.8 Å². The fourth-order valence-corrected chi connectivity index (χ4v) is 2.87. The van der Waals surface area contributed by atoms with Gasteiger partial charge in [-0.05, 0) is 37.5 Å². The summed E-state index contributed by atoms with van der Waals surface area (Å²) in [5, 5.41) is 3.02. The molecule has 1 aliphatic heterocycles. The molecule has 0 bridgehead atoms. The molecule has 4 heteroatoms. The molecule has 17 heavy (non-hydrogen) atoms. The van der Waals surface area contributed by atoms with Crippen molar-refractivity contribution in [3.8, 4) is 0 Å². The predicted octanol–water partition coefficient (Wildman–Crippen LogP) is 1.05. The summed E-state index contributed by atoms with van der Waals surface area (Å²) in [5.74, 6) is 1.01. The number of hydrogen-bond acceptors (Lipinski definition) is 3. The molecule has 98 valence electrons. The summed E-state index contributed by atoms with van der Waals surface area (Å²) >= 11 is 0. The Morgan fingerprint density at radius 1 is 1.24 bits per heavy atom. The van der Waals surface area contributed by atoms with Crippen LogP contribution in [0.4, 0.5) is 0 Å². The Labute approximate surface area is 103 Å². The van der Waals surface area contributed by atoms with E-state index >= 15 is 0 Å². The number of amides is 1. The van der Waals surface area contributed by atoms with Crippen LogP contribution in [0.25, 0.3) is 0 Å². The van der Waals surface area contributed by atoms with E-state index in [1.807, 2.05) is 0 Å². The van der Waals surface area contributed by atoms with E-state index in [4.69, 9.17) is 10.5 Å². The van der Waals surface area contributed by atoms with E-state index in [0.717, 1.165) is 32.6 Å². The summed E-state index contributed by atoms with van der Waals surface area (Å²) in [5.41, 5.74) is 6.01. The van der Waals surface area contributed by atoms with Crippen molar-refractivity contribution >= 4 is 5.91 Å². The van der Waals surface area contributed by atoms with Crippen LogP contribution < -0.4 is 11.1 Å². The fourth-order valence-electron chi connectivity index (χ4n) is 2.87. The van der Waals surface area contributed by atoms with E-state index < -0.39 is 0 Å². The van der Waals surface area contributed by atoms with Gasteiger partial charge < -0.3 is 15.8 Å². The first-order valence-electron chi connectivity index (χ1n) is 6.88. The van der Waals surface area contributed by atoms with E-state index in [1.54, 1.807) is 0 Å². The highest BCUT2D eigenvalue weighted by atomic mass is 16.5. The number of ether oxygens (including phenoxy) is 1. The number of carbonyl (C=O) groups is 1. The zero-order chi connectivity index (χ0) is 12.1. The Morgan fingerprint density at radius 3 is 2.53 bits per heavy atom. The lowest BCUT2D eigenvalue weighted by Crippen LogP contribution is -2.48. The number of nitrogens with one attached hydrogen (secondary N) is 1. The lowest BCUT2D eigenvalue weighted by molar-refractivity contribution is -0.124. The van der Waals surface area contributed by atoms with Crippen LogP contribution in [0.1, 0.15) is 38.5 Å². The van der Waals surface area contributed by atoms with Crippen molar-refractivity contribution in [1.82, 2.24) is 5.32 Å². The Bertz CT molecular complexity index is 246. The Morgan fingerprint density at radius 2 is 1.88 bits per heavy atom. The molecular weight excluding hydrogens is 216 g/mol. The Hall–Kier alpha value is -0.610. The maximum atomic E-state index is 11.9. The molecule has 1 heterocycles. The van der Waals surface area contributed by atoms with Gasteiger partial charge in [0.05, 0.1) is 6.04 Å². The Balaban J connectivity index is 1.70. The summed E-state index contributed by atoms with van der Waals surface area (Å²) < 4.78 is 5.28. The van der Waals surface area contributed by atoms with Crippen molar-refractivity contribution in [2.75, 3.05) is 19.8 Å². The van der Waals surface area contributed by atoms with Gasteiger partial charge in [0.1, 0.15) is 0 Å². The molecule has 0 spiro atoms. The molecular formula is C13H24N2O2. The number of rotatable bonds is 4. The SMILES string of the molecule is NC(C(=O)NCC1CCCC1)C1CCOCC1. The summed E-state index contributed by atoms with van der Waals surface area (Å²) in [7, 11) is 0. The molecule has 0 aromatic rings. The van der Waals surface area contributed by atoms with Crippen molar-refractivity contribution in [3.63, 3.8) is 0 Å². The van der Waals surface area contributed by atoms with Gasteiger partial charge >= 0.3 is 0 Å². The summed E-state index contributed by atoms with van der Waals surface area (Å²) in [4.78, 5) is 11.9. The predicted molar refractivity (Wildman–Crippen MR) is 66.5 cm³/mol. The number of hydrogen-bond donors (Lipinski definition) is 2. The molecule has 0 aromatic carbocycles. The van der Waals surface area contributed by atoms with Crippen LogP contribution in [-0.2, 0) is 9.53 Å². The molecule has 0 radical (unpaired) electrons. The van der Waals surface area contributed by atoms with Gasteiger partial charge in [-0.15, -0.1) is 0 Å². The van der Waals surface area contributed by atoms with Crippen LogP contribution in [0.5, 0.6) is 0 Å². The van der Waals surface area contributed by atoms with Crippen molar-refractivity contribution in [2.24, 2.45) is 17.6 Å². The molecule has 1 amide bonds. The van der Waals surface area contributed by atoms with E-state index in [2.05, 4.69) is 5.32 Å². The van der Waals surface area contributed by atoms with Gasteiger partial charge in [-0.25, -0.2) is 0 Å². The summed E-state index contributed by atoms with van der Waals surface area (Å²) in [6, 6.07) is -0.347. The lowest BCUT2D eigenvalue weighted by atomic mass is 9.92. The summed E-state index contributed by atoms with van der Waals surface area (Å²) in [6.45, 7) is 2.30. The first kappa shape index (κ1) is 12.8. The van der Waals surface area contributed by atoms with E-state index in [1.165, 1.54) is 25.7 Å². The molecule has 0 aromatic heterocycles. The molecule has 2 aliphatic rings. The quantitative estimate of drug-likeness (QED) is 0.772. The van der Waals surface area contributed by atoms with Crippen LogP contribution in [0, 0.1) is 11.8 Å². The van der Waals surface area contributed by atoms with Gasteiger partial charge in [0.15, 0.2) is 0 Å². The summed E-state index contributed by atoms with van der Waals surface area (Å²) in [6.07, 6.45) is 6.97. The van der Waals surface area contributed by atoms with Gasteiger partial charge in [-0.2, -0.15) is 0 Å². The standard InChI is InChI=1S/C13H24N2O2/c14-12(11-5-7-17-8-6-11)13(16)15-9-10-3-1-2-4-10/h10-12H,1-9,14H2,(H,15,16). The molecule has 1 saturated carbocycles. The highest BCUT2D eigenvalue weighted by Gasteiger charge is 2.27. The average Bonchev–Trinajstić information content (AvgIpc) is 2.89. The first-order chi connectivity index (χ1) is 8.27. The van der Waals surface area contributed by atoms with Crippen molar-refractivity contribution in [3.05, 3.63) is 0 Å². The Kier molecular flexibility index (Phi) is 4.80. The molecule has 1 unspecified atom stereocenters. The van der Waals surface area contributed by atoms with Crippen molar-refractivity contribution < 1.29 is 9.53 Å². The van der Waals surface area contributed by atoms with E-state index in [9.17, 15) is 4.79 Å². The molecule has 4 nitrogen and oxygen atoms in total. The van der Waals surface area contributed by atoms with Crippen molar-refractivity contribution in [2.45, 2.75) is 44.6 Å². The van der Waals surface area contributed by atoms with Crippen LogP contribution >= 0.6 is 0 Å². The first-order valence-corrected chi connectivity index (χ1v) is 6.88. The third kappa shape index (κ3) is 3.68. The number of nitrogens with two attached hydrogens (primary N) is 1. The number of carbonyl (C=O) groups excluding carboxylic acids is 1. The average molecular weight is 240 g/mol. The van der Waals surface area contributed by atoms with Crippen LogP contribution in [-0.4, -0.2) is 31.7 Å². The normalized spacial score (nSPS) is 24.8. The molecule has 3 N–H and O–H groups in total. The van der Waals surface area contributed by atoms with Gasteiger partial charge in [0.2, 0.25) is 5.91 Å². The third-order valence-electron chi connectivity index (χ3n) is 4.12. The minimum atomic E-state index is -0.347. The highest BCUT2D eigenvalue weighted by Crippen LogP contribution is 2.24. The maximum absolute atomic E-state index is 11.9. The van der Waals surface area contributed by atoms with Gasteiger partial charge in [0, 0.05) is 19.8 Å². The second-order valence-electron chi connectivity index (χ2n) is 5.37. The zero-order valence-electron chi connectivity index (χ0n) is 10.5. The van der Waals surface area contributed by atoms with Crippen LogP contribution in [0.15, 0.2) is 0 Å². The van der Waals surface area contributed by atoms with E-state index in [0.29, 0.717) is 11.8 Å². The third-order valence-corrected chi connectivity index (χ3v) is 4.12. The minimum Gasteiger partial charge on any atom is -0.381 e. The van der Waals surface area contributed by atoms with Crippen LogP contribution in [0.3, 0.4) is 0 Å². The molecule has 1 atom stereocenters. The van der Waals surface area contributed by atoms with E-state index in [-0.39, 0.29) is 11.9 Å². The lowest BCUT2D eigenvalue weighted by Gasteiger charge is -2.27. The highest BCUT2D eigenvalue weighted by molar-refractivity contribution is 5.81. The molecule has 2 fully saturated rings. The zero-order valence-corrected chi connectivity index (χ0v) is 10.5. The second-order valence-corrected chi connectivity index (χ2v) is 5.37. The molecule has 2 rings (SSSR count). The monoisotopic (exact) mass is 240 g/mol. The largest absolute Gasteiger partial charge is 0.381 e. The fraction of sp³-hybridized carbons (Fsp3) is 0.923. The van der Waals surface area contributed by atoms with Crippen LogP contribution in [0.2, 0.25) is 0 Å².